The van der Waals surface area contributed by atoms with Crippen LogP contribution in [0.25, 0.3) is 0 Å². The number of hydrogen-bond acceptors (Lipinski definition) is 3. The van der Waals surface area contributed by atoms with E-state index in [-0.39, 0.29) is 11.5 Å². The van der Waals surface area contributed by atoms with E-state index in [2.05, 4.69) is 10.6 Å². The summed E-state index contributed by atoms with van der Waals surface area (Å²) in [7, 11) is 0. The smallest absolute Gasteiger partial charge is 0.263 e. The van der Waals surface area contributed by atoms with Gasteiger partial charge in [-0.05, 0) is 12.8 Å². The molecule has 0 aromatic rings. The van der Waals surface area contributed by atoms with Gasteiger partial charge in [0.05, 0.1) is 0 Å². The van der Waals surface area contributed by atoms with E-state index in [1.54, 1.807) is 0 Å². The van der Waals surface area contributed by atoms with E-state index in [1.165, 1.54) is 6.20 Å². The van der Waals surface area contributed by atoms with Gasteiger partial charge in [0.2, 0.25) is 0 Å². The molecule has 0 aromatic heterocycles. The van der Waals surface area contributed by atoms with Crippen molar-refractivity contribution in [3.8, 4) is 6.07 Å². The molecule has 78 valence electrons. The average Bonchev–Trinajstić information content (AvgIpc) is 2.21. The van der Waals surface area contributed by atoms with Crippen molar-refractivity contribution in [2.75, 3.05) is 13.1 Å². The van der Waals surface area contributed by atoms with E-state index in [1.807, 2.05) is 19.9 Å². The van der Waals surface area contributed by atoms with Gasteiger partial charge in [-0.1, -0.05) is 13.8 Å². The lowest BCUT2D eigenvalue weighted by molar-refractivity contribution is -0.117. The SMILES string of the molecule is CCCN/C=C(/C#N)C(=O)NCCC. The lowest BCUT2D eigenvalue weighted by Gasteiger charge is -2.02. The van der Waals surface area contributed by atoms with Crippen LogP contribution in [0.2, 0.25) is 0 Å². The van der Waals surface area contributed by atoms with Gasteiger partial charge in [-0.2, -0.15) is 5.26 Å². The monoisotopic (exact) mass is 195 g/mol. The van der Waals surface area contributed by atoms with E-state index in [4.69, 9.17) is 5.26 Å². The molecule has 0 aliphatic heterocycles. The molecule has 0 bridgehead atoms. The minimum atomic E-state index is -0.307. The number of carbonyl (C=O) groups is 1. The molecular weight excluding hydrogens is 178 g/mol. The summed E-state index contributed by atoms with van der Waals surface area (Å²) in [6, 6.07) is 1.86. The highest BCUT2D eigenvalue weighted by Gasteiger charge is 2.06. The molecule has 0 heterocycles. The molecule has 0 unspecified atom stereocenters. The predicted octanol–water partition coefficient (Wildman–Crippen LogP) is 0.920. The molecule has 14 heavy (non-hydrogen) atoms. The van der Waals surface area contributed by atoms with Crippen molar-refractivity contribution in [1.82, 2.24) is 10.6 Å². The zero-order valence-electron chi connectivity index (χ0n) is 8.76. The number of rotatable bonds is 6. The van der Waals surface area contributed by atoms with Crippen LogP contribution in [0.4, 0.5) is 0 Å². The van der Waals surface area contributed by atoms with E-state index >= 15 is 0 Å². The number of carbonyl (C=O) groups excluding carboxylic acids is 1. The number of hydrogen-bond donors (Lipinski definition) is 2. The van der Waals surface area contributed by atoms with Crippen LogP contribution < -0.4 is 10.6 Å². The Bertz CT molecular complexity index is 240. The van der Waals surface area contributed by atoms with Gasteiger partial charge >= 0.3 is 0 Å². The molecule has 4 heteroatoms. The molecule has 0 aromatic carbocycles. The van der Waals surface area contributed by atoms with E-state index in [0.29, 0.717) is 6.54 Å². The van der Waals surface area contributed by atoms with Crippen LogP contribution in [0.1, 0.15) is 26.7 Å². The van der Waals surface area contributed by atoms with Gasteiger partial charge in [0.15, 0.2) is 0 Å². The van der Waals surface area contributed by atoms with Gasteiger partial charge in [0.1, 0.15) is 11.6 Å². The second-order valence-corrected chi connectivity index (χ2v) is 2.88. The van der Waals surface area contributed by atoms with Crippen LogP contribution >= 0.6 is 0 Å². The van der Waals surface area contributed by atoms with Crippen molar-refractivity contribution in [3.63, 3.8) is 0 Å². The Morgan fingerprint density at radius 2 is 2.00 bits per heavy atom. The van der Waals surface area contributed by atoms with Crippen molar-refractivity contribution < 1.29 is 4.79 Å². The third-order valence-corrected chi connectivity index (χ3v) is 1.54. The highest BCUT2D eigenvalue weighted by atomic mass is 16.1. The average molecular weight is 195 g/mol. The minimum Gasteiger partial charge on any atom is -0.390 e. The van der Waals surface area contributed by atoms with Crippen molar-refractivity contribution in [3.05, 3.63) is 11.8 Å². The van der Waals surface area contributed by atoms with Crippen molar-refractivity contribution >= 4 is 5.91 Å². The molecule has 4 nitrogen and oxygen atoms in total. The van der Waals surface area contributed by atoms with E-state index < -0.39 is 0 Å². The van der Waals surface area contributed by atoms with E-state index in [9.17, 15) is 4.79 Å². The molecule has 1 amide bonds. The zero-order valence-corrected chi connectivity index (χ0v) is 8.76. The second kappa shape index (κ2) is 8.11. The summed E-state index contributed by atoms with van der Waals surface area (Å²) < 4.78 is 0. The standard InChI is InChI=1S/C10H17N3O/c1-3-5-12-8-9(7-11)10(14)13-6-4-2/h8,12H,3-6H2,1-2H3,(H,13,14)/b9-8-. The maximum atomic E-state index is 11.3. The highest BCUT2D eigenvalue weighted by Crippen LogP contribution is 1.90. The van der Waals surface area contributed by atoms with Crippen LogP contribution in [0.5, 0.6) is 0 Å². The number of nitrogens with zero attached hydrogens (tertiary/aromatic N) is 1. The predicted molar refractivity (Wildman–Crippen MR) is 55.3 cm³/mol. The van der Waals surface area contributed by atoms with Gasteiger partial charge in [-0.25, -0.2) is 0 Å². The molecular formula is C10H17N3O. The summed E-state index contributed by atoms with van der Waals surface area (Å²) in [5.74, 6) is -0.307. The molecule has 2 N–H and O–H groups in total. The lowest BCUT2D eigenvalue weighted by atomic mass is 10.3. The fourth-order valence-corrected chi connectivity index (χ4v) is 0.801. The van der Waals surface area contributed by atoms with Gasteiger partial charge in [-0.15, -0.1) is 0 Å². The Balaban J connectivity index is 4.06. The van der Waals surface area contributed by atoms with Crippen LogP contribution in [0, 0.1) is 11.3 Å². The molecule has 0 aliphatic rings. The first-order valence-electron chi connectivity index (χ1n) is 4.88. The second-order valence-electron chi connectivity index (χ2n) is 2.88. The molecule has 0 radical (unpaired) electrons. The molecule has 0 atom stereocenters. The maximum absolute atomic E-state index is 11.3. The highest BCUT2D eigenvalue weighted by molar-refractivity contribution is 5.97. The minimum absolute atomic E-state index is 0.131. The molecule has 0 saturated carbocycles. The summed E-state index contributed by atoms with van der Waals surface area (Å²) in [6.07, 6.45) is 3.30. The molecule has 0 spiro atoms. The number of nitrogens with one attached hydrogen (secondary N) is 2. The molecule has 0 aliphatic carbocycles. The summed E-state index contributed by atoms with van der Waals surface area (Å²) in [6.45, 7) is 5.35. The summed E-state index contributed by atoms with van der Waals surface area (Å²) >= 11 is 0. The quantitative estimate of drug-likeness (QED) is 0.376. The zero-order chi connectivity index (χ0) is 10.8. The fraction of sp³-hybridized carbons (Fsp3) is 0.600. The van der Waals surface area contributed by atoms with Gasteiger partial charge in [-0.3, -0.25) is 4.79 Å². The van der Waals surface area contributed by atoms with Gasteiger partial charge < -0.3 is 10.6 Å². The Morgan fingerprint density at radius 3 is 2.50 bits per heavy atom. The lowest BCUT2D eigenvalue weighted by Crippen LogP contribution is -2.26. The number of nitriles is 1. The molecule has 0 fully saturated rings. The van der Waals surface area contributed by atoms with Crippen molar-refractivity contribution in [1.29, 1.82) is 5.26 Å². The Kier molecular flexibility index (Phi) is 7.24. The molecule has 0 rings (SSSR count). The summed E-state index contributed by atoms with van der Waals surface area (Å²) in [5.41, 5.74) is 0.131. The van der Waals surface area contributed by atoms with Crippen LogP contribution in [-0.4, -0.2) is 19.0 Å². The van der Waals surface area contributed by atoms with E-state index in [0.717, 1.165) is 19.4 Å². The first kappa shape index (κ1) is 12.5. The summed E-state index contributed by atoms with van der Waals surface area (Å²) in [5, 5.41) is 14.2. The van der Waals surface area contributed by atoms with Crippen LogP contribution in [-0.2, 0) is 4.79 Å². The third kappa shape index (κ3) is 5.20. The van der Waals surface area contributed by atoms with Crippen LogP contribution in [0.3, 0.4) is 0 Å². The summed E-state index contributed by atoms with van der Waals surface area (Å²) in [4.78, 5) is 11.3. The Morgan fingerprint density at radius 1 is 1.36 bits per heavy atom. The maximum Gasteiger partial charge on any atom is 0.263 e. The fourth-order valence-electron chi connectivity index (χ4n) is 0.801. The van der Waals surface area contributed by atoms with Crippen LogP contribution in [0.15, 0.2) is 11.8 Å². The third-order valence-electron chi connectivity index (χ3n) is 1.54. The largest absolute Gasteiger partial charge is 0.390 e. The Hall–Kier alpha value is -1.50. The number of amides is 1. The van der Waals surface area contributed by atoms with Crippen molar-refractivity contribution in [2.24, 2.45) is 0 Å². The molecule has 0 saturated heterocycles. The topological polar surface area (TPSA) is 64.9 Å². The normalized spacial score (nSPS) is 10.5. The first-order chi connectivity index (χ1) is 6.76. The first-order valence-corrected chi connectivity index (χ1v) is 4.88. The van der Waals surface area contributed by atoms with Gasteiger partial charge in [0.25, 0.3) is 5.91 Å². The van der Waals surface area contributed by atoms with Gasteiger partial charge in [0, 0.05) is 19.3 Å². The van der Waals surface area contributed by atoms with Crippen molar-refractivity contribution in [2.45, 2.75) is 26.7 Å². The Labute approximate surface area is 85.0 Å².